The van der Waals surface area contributed by atoms with Crippen molar-refractivity contribution in [1.29, 1.82) is 0 Å². The number of hydrogen-bond acceptors (Lipinski definition) is 7. The molecule has 2 aromatic carbocycles. The number of hydrogen-bond donors (Lipinski definition) is 3. The van der Waals surface area contributed by atoms with Gasteiger partial charge in [-0.1, -0.05) is 0 Å². The summed E-state index contributed by atoms with van der Waals surface area (Å²) < 4.78 is 10.2. The van der Waals surface area contributed by atoms with Gasteiger partial charge in [0.2, 0.25) is 5.91 Å². The van der Waals surface area contributed by atoms with Crippen LogP contribution in [0.5, 0.6) is 11.5 Å². The smallest absolute Gasteiger partial charge is 0.286 e. The van der Waals surface area contributed by atoms with Crippen molar-refractivity contribution >= 4 is 29.1 Å². The summed E-state index contributed by atoms with van der Waals surface area (Å²) in [6, 6.07) is 8.39. The van der Waals surface area contributed by atoms with E-state index in [0.717, 1.165) is 18.9 Å². The molecule has 1 saturated carbocycles. The zero-order chi connectivity index (χ0) is 24.0. The maximum atomic E-state index is 12.7. The fraction of sp³-hybridized carbons (Fsp3) is 0.318. The molecule has 3 N–H and O–H groups in total. The number of nitro benzene ring substituents is 1. The third-order valence-corrected chi connectivity index (χ3v) is 5.01. The summed E-state index contributed by atoms with van der Waals surface area (Å²) in [5.41, 5.74) is 0.0681. The third kappa shape index (κ3) is 5.97. The summed E-state index contributed by atoms with van der Waals surface area (Å²) in [4.78, 5) is 47.2. The van der Waals surface area contributed by atoms with Crippen LogP contribution in [-0.2, 0) is 4.79 Å². The van der Waals surface area contributed by atoms with E-state index in [9.17, 15) is 24.5 Å². The second-order valence-corrected chi connectivity index (χ2v) is 7.33. The molecular weight excluding hydrogens is 432 g/mol. The summed E-state index contributed by atoms with van der Waals surface area (Å²) in [7, 11) is 2.69. The number of nitrogens with one attached hydrogen (secondary N) is 3. The molecule has 1 aliphatic rings. The van der Waals surface area contributed by atoms with Crippen LogP contribution in [0.3, 0.4) is 0 Å². The fourth-order valence-corrected chi connectivity index (χ4v) is 3.06. The van der Waals surface area contributed by atoms with Crippen LogP contribution >= 0.6 is 0 Å². The van der Waals surface area contributed by atoms with E-state index in [0.29, 0.717) is 24.3 Å². The number of nitrogens with zero attached hydrogens (tertiary/aromatic N) is 1. The van der Waals surface area contributed by atoms with Gasteiger partial charge < -0.3 is 25.4 Å². The standard InChI is InChI=1S/C22H24N4O7/c1-32-18-11-16(17(26(30)31)12-19(18)33-2)22(29)25-15-7-5-14(6-8-15)21(28)24-10-9-23-20(27)13-3-4-13/h5-8,11-13H,3-4,9-10H2,1-2H3,(H,23,27)(H,24,28)(H,25,29). The highest BCUT2D eigenvalue weighted by Crippen LogP contribution is 2.34. The molecule has 0 radical (unpaired) electrons. The molecular formula is C22H24N4O7. The maximum absolute atomic E-state index is 12.7. The summed E-state index contributed by atoms with van der Waals surface area (Å²) in [5, 5.41) is 19.4. The molecule has 0 aromatic heterocycles. The highest BCUT2D eigenvalue weighted by atomic mass is 16.6. The lowest BCUT2D eigenvalue weighted by molar-refractivity contribution is -0.385. The molecule has 3 amide bonds. The number of methoxy groups -OCH3 is 2. The molecule has 0 heterocycles. The normalized spacial score (nSPS) is 12.4. The van der Waals surface area contributed by atoms with Crippen molar-refractivity contribution in [3.8, 4) is 11.5 Å². The molecule has 0 saturated heterocycles. The Morgan fingerprint density at radius 2 is 1.58 bits per heavy atom. The van der Waals surface area contributed by atoms with Gasteiger partial charge in [-0.15, -0.1) is 0 Å². The predicted molar refractivity (Wildman–Crippen MR) is 119 cm³/mol. The number of ether oxygens (including phenoxy) is 2. The quantitative estimate of drug-likeness (QED) is 0.282. The van der Waals surface area contributed by atoms with Crippen molar-refractivity contribution in [2.75, 3.05) is 32.6 Å². The maximum Gasteiger partial charge on any atom is 0.286 e. The number of anilines is 1. The molecule has 3 rings (SSSR count). The Hall–Kier alpha value is -4.15. The lowest BCUT2D eigenvalue weighted by Gasteiger charge is -2.11. The van der Waals surface area contributed by atoms with Crippen LogP contribution in [0, 0.1) is 16.0 Å². The first-order valence-electron chi connectivity index (χ1n) is 10.2. The van der Waals surface area contributed by atoms with Crippen LogP contribution in [0.4, 0.5) is 11.4 Å². The number of carbonyl (C=O) groups is 3. The average Bonchev–Trinajstić information content (AvgIpc) is 3.66. The van der Waals surface area contributed by atoms with E-state index in [1.165, 1.54) is 44.6 Å². The van der Waals surface area contributed by atoms with E-state index in [-0.39, 0.29) is 34.8 Å². The van der Waals surface area contributed by atoms with Gasteiger partial charge in [-0.3, -0.25) is 24.5 Å². The van der Waals surface area contributed by atoms with E-state index in [1.807, 2.05) is 0 Å². The van der Waals surface area contributed by atoms with Crippen LogP contribution in [0.1, 0.15) is 33.6 Å². The van der Waals surface area contributed by atoms with Crippen molar-refractivity contribution in [2.45, 2.75) is 12.8 Å². The van der Waals surface area contributed by atoms with Gasteiger partial charge >= 0.3 is 0 Å². The van der Waals surface area contributed by atoms with E-state index >= 15 is 0 Å². The molecule has 1 aliphatic carbocycles. The minimum absolute atomic E-state index is 0.0130. The summed E-state index contributed by atoms with van der Waals surface area (Å²) >= 11 is 0. The number of rotatable bonds is 10. The van der Waals surface area contributed by atoms with Crippen molar-refractivity contribution in [3.05, 3.63) is 57.6 Å². The molecule has 0 atom stereocenters. The number of nitro groups is 1. The van der Waals surface area contributed by atoms with Gasteiger partial charge in [0.15, 0.2) is 11.5 Å². The SMILES string of the molecule is COc1cc(C(=O)Nc2ccc(C(=O)NCCNC(=O)C3CC3)cc2)c([N+](=O)[O-])cc1OC. The van der Waals surface area contributed by atoms with Crippen molar-refractivity contribution in [3.63, 3.8) is 0 Å². The van der Waals surface area contributed by atoms with Crippen LogP contribution in [0.25, 0.3) is 0 Å². The topological polar surface area (TPSA) is 149 Å². The monoisotopic (exact) mass is 456 g/mol. The molecule has 1 fully saturated rings. The second-order valence-electron chi connectivity index (χ2n) is 7.33. The summed E-state index contributed by atoms with van der Waals surface area (Å²) in [5.74, 6) is -0.616. The van der Waals surface area contributed by atoms with Gasteiger partial charge in [-0.25, -0.2) is 0 Å². The van der Waals surface area contributed by atoms with Crippen molar-refractivity contribution in [1.82, 2.24) is 10.6 Å². The van der Waals surface area contributed by atoms with Gasteiger partial charge in [0.25, 0.3) is 17.5 Å². The molecule has 0 aliphatic heterocycles. The highest BCUT2D eigenvalue weighted by Gasteiger charge is 2.29. The number of amides is 3. The minimum Gasteiger partial charge on any atom is -0.493 e. The number of carbonyl (C=O) groups excluding carboxylic acids is 3. The van der Waals surface area contributed by atoms with Crippen molar-refractivity contribution < 1.29 is 28.8 Å². The van der Waals surface area contributed by atoms with E-state index in [2.05, 4.69) is 16.0 Å². The van der Waals surface area contributed by atoms with Gasteiger partial charge in [0.1, 0.15) is 5.56 Å². The van der Waals surface area contributed by atoms with Crippen LogP contribution in [0.15, 0.2) is 36.4 Å². The summed E-state index contributed by atoms with van der Waals surface area (Å²) in [6.07, 6.45) is 1.83. The number of benzene rings is 2. The molecule has 0 spiro atoms. The van der Waals surface area contributed by atoms with E-state index < -0.39 is 16.5 Å². The largest absolute Gasteiger partial charge is 0.493 e. The fourth-order valence-electron chi connectivity index (χ4n) is 3.06. The van der Waals surface area contributed by atoms with E-state index in [4.69, 9.17) is 9.47 Å². The Bertz CT molecular complexity index is 1070. The van der Waals surface area contributed by atoms with Crippen LogP contribution in [0.2, 0.25) is 0 Å². The van der Waals surface area contributed by atoms with Crippen LogP contribution < -0.4 is 25.4 Å². The molecule has 11 heteroatoms. The first-order chi connectivity index (χ1) is 15.8. The molecule has 0 bridgehead atoms. The van der Waals surface area contributed by atoms with E-state index in [1.54, 1.807) is 0 Å². The zero-order valence-electron chi connectivity index (χ0n) is 18.2. The van der Waals surface area contributed by atoms with Gasteiger partial charge in [-0.05, 0) is 37.1 Å². The third-order valence-electron chi connectivity index (χ3n) is 5.01. The Kier molecular flexibility index (Phi) is 7.44. The Labute approximate surface area is 189 Å². The first-order valence-corrected chi connectivity index (χ1v) is 10.2. The Morgan fingerprint density at radius 1 is 0.970 bits per heavy atom. The van der Waals surface area contributed by atoms with Gasteiger partial charge in [0.05, 0.1) is 25.2 Å². The van der Waals surface area contributed by atoms with Crippen LogP contribution in [-0.4, -0.2) is 50.0 Å². The average molecular weight is 456 g/mol. The Balaban J connectivity index is 1.61. The molecule has 2 aromatic rings. The molecule has 11 nitrogen and oxygen atoms in total. The van der Waals surface area contributed by atoms with Crippen molar-refractivity contribution in [2.24, 2.45) is 5.92 Å². The lowest BCUT2D eigenvalue weighted by atomic mass is 10.1. The molecule has 33 heavy (non-hydrogen) atoms. The molecule has 0 unspecified atom stereocenters. The highest BCUT2D eigenvalue weighted by molar-refractivity contribution is 6.07. The second kappa shape index (κ2) is 10.4. The van der Waals surface area contributed by atoms with Gasteiger partial charge in [-0.2, -0.15) is 0 Å². The zero-order valence-corrected chi connectivity index (χ0v) is 18.2. The van der Waals surface area contributed by atoms with Gasteiger partial charge in [0, 0.05) is 36.3 Å². The first kappa shape index (κ1) is 23.5. The Morgan fingerprint density at radius 3 is 2.15 bits per heavy atom. The predicted octanol–water partition coefficient (Wildman–Crippen LogP) is 2.12. The lowest BCUT2D eigenvalue weighted by Crippen LogP contribution is -2.35. The minimum atomic E-state index is -0.716. The summed E-state index contributed by atoms with van der Waals surface area (Å²) in [6.45, 7) is 0.637. The molecule has 174 valence electrons.